The topological polar surface area (TPSA) is 95.9 Å². The van der Waals surface area contributed by atoms with Gasteiger partial charge in [0, 0.05) is 12.8 Å². The molecule has 6 nitrogen and oxygen atoms in total. The maximum Gasteiger partial charge on any atom is 0.305 e. The van der Waals surface area contributed by atoms with E-state index in [9.17, 15) is 19.8 Å². The maximum absolute atomic E-state index is 12.4. The van der Waals surface area contributed by atoms with Crippen LogP contribution in [0, 0.1) is 0 Å². The van der Waals surface area contributed by atoms with Gasteiger partial charge in [-0.1, -0.05) is 366 Å². The summed E-state index contributed by atoms with van der Waals surface area (Å²) in [5, 5.41) is 23.0. The molecule has 1 amide bonds. The smallest absolute Gasteiger partial charge is 0.305 e. The number of carbonyl (C=O) groups excluding carboxylic acids is 2. The van der Waals surface area contributed by atoms with Crippen LogP contribution in [0.15, 0.2) is 24.3 Å². The van der Waals surface area contributed by atoms with Crippen molar-refractivity contribution >= 4 is 11.9 Å². The van der Waals surface area contributed by atoms with Gasteiger partial charge in [-0.2, -0.15) is 0 Å². The molecule has 0 heterocycles. The molecule has 474 valence electrons. The van der Waals surface area contributed by atoms with Gasteiger partial charge >= 0.3 is 5.97 Å². The molecule has 2 atom stereocenters. The zero-order valence-electron chi connectivity index (χ0n) is 54.3. The van der Waals surface area contributed by atoms with Crippen LogP contribution in [-0.2, 0) is 14.3 Å². The van der Waals surface area contributed by atoms with E-state index in [0.29, 0.717) is 19.4 Å². The molecule has 0 spiro atoms. The fourth-order valence-corrected chi connectivity index (χ4v) is 11.6. The number of nitrogens with one attached hydrogen (secondary N) is 1. The predicted molar refractivity (Wildman–Crippen MR) is 352 cm³/mol. The maximum atomic E-state index is 12.4. The van der Waals surface area contributed by atoms with Gasteiger partial charge in [0.05, 0.1) is 25.4 Å². The number of carbonyl (C=O) groups is 2. The number of rotatable bonds is 69. The minimum absolute atomic E-state index is 0.0251. The van der Waals surface area contributed by atoms with Gasteiger partial charge in [0.25, 0.3) is 0 Å². The average Bonchev–Trinajstić information content (AvgIpc) is 3.46. The molecule has 0 aromatic carbocycles. The molecule has 0 radical (unpaired) electrons. The summed E-state index contributed by atoms with van der Waals surface area (Å²) >= 11 is 0. The third-order valence-electron chi connectivity index (χ3n) is 17.2. The highest BCUT2D eigenvalue weighted by molar-refractivity contribution is 5.76. The van der Waals surface area contributed by atoms with Crippen molar-refractivity contribution in [2.75, 3.05) is 13.2 Å². The summed E-state index contributed by atoms with van der Waals surface area (Å²) in [6.07, 6.45) is 88.7. The van der Waals surface area contributed by atoms with Crippen molar-refractivity contribution in [1.82, 2.24) is 5.32 Å². The molecule has 0 aliphatic carbocycles. The Kier molecular flexibility index (Phi) is 68.4. The number of aliphatic hydroxyl groups is 2. The summed E-state index contributed by atoms with van der Waals surface area (Å²) in [4.78, 5) is 24.5. The van der Waals surface area contributed by atoms with Crippen LogP contribution in [0.1, 0.15) is 412 Å². The van der Waals surface area contributed by atoms with Crippen LogP contribution in [0.4, 0.5) is 0 Å². The zero-order chi connectivity index (χ0) is 57.8. The number of aliphatic hydroxyl groups excluding tert-OH is 2. The Morgan fingerprint density at radius 2 is 0.588 bits per heavy atom. The number of allylic oxidation sites excluding steroid dienone is 3. The van der Waals surface area contributed by atoms with Crippen molar-refractivity contribution in [3.63, 3.8) is 0 Å². The van der Waals surface area contributed by atoms with Crippen LogP contribution in [0.25, 0.3) is 0 Å². The largest absolute Gasteiger partial charge is 0.466 e. The van der Waals surface area contributed by atoms with Gasteiger partial charge in [-0.25, -0.2) is 0 Å². The van der Waals surface area contributed by atoms with Gasteiger partial charge in [-0.15, -0.1) is 0 Å². The Morgan fingerprint density at radius 3 is 0.887 bits per heavy atom. The van der Waals surface area contributed by atoms with E-state index in [4.69, 9.17) is 4.74 Å². The van der Waals surface area contributed by atoms with Crippen molar-refractivity contribution in [2.45, 2.75) is 424 Å². The lowest BCUT2D eigenvalue weighted by Crippen LogP contribution is -2.45. The minimum Gasteiger partial charge on any atom is -0.466 e. The van der Waals surface area contributed by atoms with Crippen LogP contribution in [0.5, 0.6) is 0 Å². The van der Waals surface area contributed by atoms with E-state index < -0.39 is 12.1 Å². The number of amides is 1. The molecule has 0 aliphatic heterocycles. The summed E-state index contributed by atoms with van der Waals surface area (Å²) in [5.74, 6) is -0.0387. The molecule has 0 fully saturated rings. The first-order valence-electron chi connectivity index (χ1n) is 36.6. The lowest BCUT2D eigenvalue weighted by atomic mass is 10.0. The Labute approximate surface area is 501 Å². The summed E-state index contributed by atoms with van der Waals surface area (Å²) < 4.78 is 5.50. The minimum atomic E-state index is -0.839. The molecule has 0 aliphatic rings. The van der Waals surface area contributed by atoms with Crippen LogP contribution in [0.3, 0.4) is 0 Å². The number of hydrogen-bond donors (Lipinski definition) is 3. The highest BCUT2D eigenvalue weighted by atomic mass is 16.5. The Balaban J connectivity index is 3.30. The molecule has 80 heavy (non-hydrogen) atoms. The first-order chi connectivity index (χ1) is 39.5. The monoisotopic (exact) mass is 1130 g/mol. The number of hydrogen-bond acceptors (Lipinski definition) is 5. The van der Waals surface area contributed by atoms with Crippen molar-refractivity contribution < 1.29 is 24.5 Å². The highest BCUT2D eigenvalue weighted by Gasteiger charge is 2.18. The molecule has 2 unspecified atom stereocenters. The van der Waals surface area contributed by atoms with E-state index in [1.807, 2.05) is 6.08 Å². The summed E-state index contributed by atoms with van der Waals surface area (Å²) in [7, 11) is 0. The van der Waals surface area contributed by atoms with E-state index in [1.165, 1.54) is 347 Å². The fraction of sp³-hybridized carbons (Fsp3) is 0.919. The second-order valence-corrected chi connectivity index (χ2v) is 25.3. The van der Waals surface area contributed by atoms with Crippen molar-refractivity contribution in [3.05, 3.63) is 24.3 Å². The standard InChI is InChI=1S/C74H143NO5/c1-3-5-7-9-11-13-15-16-45-48-52-56-60-64-68-74(79)80-69-65-61-57-53-49-46-43-41-39-37-35-33-31-29-27-25-23-21-19-17-18-20-22-24-26-28-30-32-34-36-38-40-42-44-47-51-55-59-63-67-73(78)75-71(70-76)72(77)66-62-58-54-50-14-12-10-8-6-4-2/h17-18,62,66,71-72,76-77H,3-16,19-61,63-65,67-70H2,1-2H3,(H,75,78)/b18-17-,66-62+. The van der Waals surface area contributed by atoms with Gasteiger partial charge < -0.3 is 20.3 Å². The molecule has 0 bridgehead atoms. The molecular weight excluding hydrogens is 983 g/mol. The third-order valence-corrected chi connectivity index (χ3v) is 17.2. The van der Waals surface area contributed by atoms with Crippen LogP contribution in [-0.4, -0.2) is 47.4 Å². The number of ether oxygens (including phenoxy) is 1. The SMILES string of the molecule is CCCCCCCCCC/C=C/C(O)C(CO)NC(=O)CCCCCCCCCCCCCCCCCCC/C=C\CCCCCCCCCCCCCCCCCCCCOC(=O)CCCCCCCCCCCCCCCC. The Hall–Kier alpha value is -1.66. The molecule has 0 aromatic rings. The molecular formula is C74H143NO5. The Bertz CT molecular complexity index is 1250. The molecule has 0 saturated heterocycles. The number of esters is 1. The van der Waals surface area contributed by atoms with Crippen LogP contribution in [0.2, 0.25) is 0 Å². The Morgan fingerprint density at radius 1 is 0.338 bits per heavy atom. The second kappa shape index (κ2) is 69.8. The first kappa shape index (κ1) is 78.3. The molecule has 6 heteroatoms. The summed E-state index contributed by atoms with van der Waals surface area (Å²) in [6.45, 7) is 4.92. The lowest BCUT2D eigenvalue weighted by Gasteiger charge is -2.20. The second-order valence-electron chi connectivity index (χ2n) is 25.3. The predicted octanol–water partition coefficient (Wildman–Crippen LogP) is 23.7. The zero-order valence-corrected chi connectivity index (χ0v) is 54.3. The van der Waals surface area contributed by atoms with E-state index in [0.717, 1.165) is 38.5 Å². The van der Waals surface area contributed by atoms with Crippen LogP contribution < -0.4 is 5.32 Å². The lowest BCUT2D eigenvalue weighted by molar-refractivity contribution is -0.143. The fourth-order valence-electron chi connectivity index (χ4n) is 11.6. The quantitative estimate of drug-likeness (QED) is 0.0320. The first-order valence-corrected chi connectivity index (χ1v) is 36.6. The van der Waals surface area contributed by atoms with Gasteiger partial charge in [0.1, 0.15) is 0 Å². The van der Waals surface area contributed by atoms with Gasteiger partial charge in [0.15, 0.2) is 0 Å². The van der Waals surface area contributed by atoms with Gasteiger partial charge in [-0.3, -0.25) is 9.59 Å². The summed E-state index contributed by atoms with van der Waals surface area (Å²) in [5.41, 5.74) is 0. The molecule has 0 aromatic heterocycles. The average molecular weight is 1130 g/mol. The van der Waals surface area contributed by atoms with Gasteiger partial charge in [0.2, 0.25) is 5.91 Å². The highest BCUT2D eigenvalue weighted by Crippen LogP contribution is 2.19. The molecule has 0 rings (SSSR count). The van der Waals surface area contributed by atoms with Crippen molar-refractivity contribution in [2.24, 2.45) is 0 Å². The van der Waals surface area contributed by atoms with E-state index in [-0.39, 0.29) is 18.5 Å². The van der Waals surface area contributed by atoms with Crippen LogP contribution >= 0.6 is 0 Å². The van der Waals surface area contributed by atoms with E-state index >= 15 is 0 Å². The third kappa shape index (κ3) is 65.5. The number of unbranched alkanes of at least 4 members (excludes halogenated alkanes) is 56. The normalized spacial score (nSPS) is 12.6. The van der Waals surface area contributed by atoms with E-state index in [1.54, 1.807) is 6.08 Å². The van der Waals surface area contributed by atoms with Gasteiger partial charge in [-0.05, 0) is 57.8 Å². The van der Waals surface area contributed by atoms with Crippen molar-refractivity contribution in [1.29, 1.82) is 0 Å². The molecule has 0 saturated carbocycles. The summed E-state index contributed by atoms with van der Waals surface area (Å²) in [6, 6.07) is -0.622. The van der Waals surface area contributed by atoms with E-state index in [2.05, 4.69) is 31.3 Å². The van der Waals surface area contributed by atoms with Crippen molar-refractivity contribution in [3.8, 4) is 0 Å². The molecule has 3 N–H and O–H groups in total.